The Morgan fingerprint density at radius 3 is 2.61 bits per heavy atom. The summed E-state index contributed by atoms with van der Waals surface area (Å²) in [7, 11) is -3.84. The summed E-state index contributed by atoms with van der Waals surface area (Å²) in [5.41, 5.74) is 1.10. The molecule has 2 aromatic rings. The standard InChI is InChI=1S/C13H8ClNO2S/c1-2-18(16,17)13-11(6-3-7-12(13)14)10-5-4-8-15-9-10/h1,3-9H. The molecule has 0 N–H and O–H groups in total. The van der Waals surface area contributed by atoms with Gasteiger partial charge in [-0.2, -0.15) is 0 Å². The molecule has 0 unspecified atom stereocenters. The third-order valence-corrected chi connectivity index (χ3v) is 4.08. The maximum absolute atomic E-state index is 11.9. The van der Waals surface area contributed by atoms with E-state index >= 15 is 0 Å². The molecule has 0 bridgehead atoms. The van der Waals surface area contributed by atoms with Crippen molar-refractivity contribution in [1.82, 2.24) is 4.98 Å². The van der Waals surface area contributed by atoms with Gasteiger partial charge in [0.15, 0.2) is 0 Å². The first kappa shape index (κ1) is 12.6. The fourth-order valence-corrected chi connectivity index (χ4v) is 2.99. The summed E-state index contributed by atoms with van der Waals surface area (Å²) in [5.74, 6) is 0. The largest absolute Gasteiger partial charge is 0.264 e. The summed E-state index contributed by atoms with van der Waals surface area (Å²) in [6.45, 7) is 0. The molecule has 0 spiro atoms. The third-order valence-electron chi connectivity index (χ3n) is 2.36. The van der Waals surface area contributed by atoms with E-state index in [0.29, 0.717) is 11.1 Å². The minimum absolute atomic E-state index is 0.0535. The topological polar surface area (TPSA) is 47.0 Å². The van der Waals surface area contributed by atoms with Crippen molar-refractivity contribution in [2.75, 3.05) is 0 Å². The number of terminal acetylenes is 1. The van der Waals surface area contributed by atoms with E-state index in [4.69, 9.17) is 18.0 Å². The van der Waals surface area contributed by atoms with Gasteiger partial charge in [0.1, 0.15) is 4.90 Å². The molecule has 90 valence electrons. The van der Waals surface area contributed by atoms with Gasteiger partial charge in [-0.1, -0.05) is 29.8 Å². The second-order valence-corrected chi connectivity index (χ2v) is 5.54. The predicted octanol–water partition coefficient (Wildman–Crippen LogP) is 2.77. The second kappa shape index (κ2) is 4.81. The van der Waals surface area contributed by atoms with E-state index in [1.54, 1.807) is 41.9 Å². The maximum Gasteiger partial charge on any atom is 0.247 e. The summed E-state index contributed by atoms with van der Waals surface area (Å²) in [6, 6.07) is 8.26. The van der Waals surface area contributed by atoms with Crippen molar-refractivity contribution in [2.24, 2.45) is 0 Å². The Bertz CT molecular complexity index is 718. The average molecular weight is 278 g/mol. The lowest BCUT2D eigenvalue weighted by molar-refractivity contribution is 0.606. The molecule has 0 radical (unpaired) electrons. The number of hydrogen-bond donors (Lipinski definition) is 0. The maximum atomic E-state index is 11.9. The van der Waals surface area contributed by atoms with Crippen LogP contribution in [-0.4, -0.2) is 13.4 Å². The van der Waals surface area contributed by atoms with Crippen LogP contribution < -0.4 is 0 Å². The van der Waals surface area contributed by atoms with Gasteiger partial charge in [0.05, 0.1) is 5.02 Å². The summed E-state index contributed by atoms with van der Waals surface area (Å²) in [6.07, 6.45) is 8.20. The van der Waals surface area contributed by atoms with Crippen LogP contribution in [0.5, 0.6) is 0 Å². The van der Waals surface area contributed by atoms with Crippen molar-refractivity contribution in [3.8, 4) is 22.8 Å². The number of nitrogens with zero attached hydrogens (tertiary/aromatic N) is 1. The SMILES string of the molecule is C#CS(=O)(=O)c1c(Cl)cccc1-c1cccnc1. The number of sulfone groups is 1. The minimum Gasteiger partial charge on any atom is -0.264 e. The highest BCUT2D eigenvalue weighted by Crippen LogP contribution is 2.32. The van der Waals surface area contributed by atoms with Gasteiger partial charge in [-0.15, -0.1) is 6.42 Å². The number of pyridine rings is 1. The molecule has 3 nitrogen and oxygen atoms in total. The quantitative estimate of drug-likeness (QED) is 0.626. The predicted molar refractivity (Wildman–Crippen MR) is 70.7 cm³/mol. The Balaban J connectivity index is 2.80. The smallest absolute Gasteiger partial charge is 0.247 e. The van der Waals surface area contributed by atoms with Gasteiger partial charge in [-0.25, -0.2) is 8.42 Å². The Hall–Kier alpha value is -1.83. The Kier molecular flexibility index (Phi) is 3.37. The molecule has 0 aliphatic rings. The normalized spacial score (nSPS) is 10.9. The Morgan fingerprint density at radius 1 is 1.22 bits per heavy atom. The second-order valence-electron chi connectivity index (χ2n) is 3.48. The lowest BCUT2D eigenvalue weighted by atomic mass is 10.1. The monoisotopic (exact) mass is 277 g/mol. The summed E-state index contributed by atoms with van der Waals surface area (Å²) in [5, 5.41) is 1.88. The minimum atomic E-state index is -3.84. The van der Waals surface area contributed by atoms with Crippen LogP contribution in [-0.2, 0) is 9.84 Å². The lowest BCUT2D eigenvalue weighted by Crippen LogP contribution is -2.00. The van der Waals surface area contributed by atoms with E-state index < -0.39 is 9.84 Å². The zero-order valence-corrected chi connectivity index (χ0v) is 10.7. The van der Waals surface area contributed by atoms with Crippen molar-refractivity contribution in [3.05, 3.63) is 47.7 Å². The number of rotatable bonds is 2. The van der Waals surface area contributed by atoms with Gasteiger partial charge >= 0.3 is 0 Å². The zero-order chi connectivity index (χ0) is 13.2. The van der Waals surface area contributed by atoms with Gasteiger partial charge in [0.2, 0.25) is 9.84 Å². The van der Waals surface area contributed by atoms with E-state index in [9.17, 15) is 8.42 Å². The lowest BCUT2D eigenvalue weighted by Gasteiger charge is -2.08. The molecule has 0 aliphatic carbocycles. The van der Waals surface area contributed by atoms with Crippen LogP contribution in [0.4, 0.5) is 0 Å². The van der Waals surface area contributed by atoms with E-state index in [1.165, 1.54) is 6.07 Å². The van der Waals surface area contributed by atoms with Gasteiger partial charge in [0.25, 0.3) is 0 Å². The van der Waals surface area contributed by atoms with E-state index in [-0.39, 0.29) is 9.92 Å². The summed E-state index contributed by atoms with van der Waals surface area (Å²) < 4.78 is 23.7. The first-order chi connectivity index (χ1) is 8.56. The van der Waals surface area contributed by atoms with Crippen molar-refractivity contribution in [2.45, 2.75) is 4.90 Å². The van der Waals surface area contributed by atoms with Gasteiger partial charge < -0.3 is 0 Å². The van der Waals surface area contributed by atoms with E-state index in [2.05, 4.69) is 4.98 Å². The molecule has 18 heavy (non-hydrogen) atoms. The highest BCUT2D eigenvalue weighted by Gasteiger charge is 2.20. The first-order valence-electron chi connectivity index (χ1n) is 4.97. The zero-order valence-electron chi connectivity index (χ0n) is 9.17. The van der Waals surface area contributed by atoms with Crippen molar-refractivity contribution in [3.63, 3.8) is 0 Å². The van der Waals surface area contributed by atoms with Crippen molar-refractivity contribution < 1.29 is 8.42 Å². The van der Waals surface area contributed by atoms with E-state index in [1.807, 2.05) is 0 Å². The Labute approximate surface area is 110 Å². The van der Waals surface area contributed by atoms with Crippen LogP contribution in [0.1, 0.15) is 0 Å². The molecular weight excluding hydrogens is 270 g/mol. The van der Waals surface area contributed by atoms with Crippen LogP contribution in [0.15, 0.2) is 47.6 Å². The summed E-state index contributed by atoms with van der Waals surface area (Å²) >= 11 is 5.95. The van der Waals surface area contributed by atoms with Crippen molar-refractivity contribution in [1.29, 1.82) is 0 Å². The molecule has 0 aliphatic heterocycles. The van der Waals surface area contributed by atoms with Crippen LogP contribution in [0.25, 0.3) is 11.1 Å². The van der Waals surface area contributed by atoms with Crippen LogP contribution in [0.2, 0.25) is 5.02 Å². The van der Waals surface area contributed by atoms with Gasteiger partial charge in [-0.3, -0.25) is 4.98 Å². The molecule has 1 heterocycles. The number of hydrogen-bond acceptors (Lipinski definition) is 3. The third kappa shape index (κ3) is 2.23. The molecule has 0 atom stereocenters. The first-order valence-corrected chi connectivity index (χ1v) is 6.83. The molecule has 0 saturated heterocycles. The molecule has 0 saturated carbocycles. The number of aromatic nitrogens is 1. The molecule has 1 aromatic carbocycles. The fourth-order valence-electron chi connectivity index (χ4n) is 1.59. The highest BCUT2D eigenvalue weighted by atomic mass is 35.5. The van der Waals surface area contributed by atoms with Crippen LogP contribution >= 0.6 is 11.6 Å². The number of halogens is 1. The molecule has 0 amide bonds. The number of benzene rings is 1. The molecule has 2 rings (SSSR count). The van der Waals surface area contributed by atoms with Crippen molar-refractivity contribution >= 4 is 21.4 Å². The summed E-state index contributed by atoms with van der Waals surface area (Å²) in [4.78, 5) is 3.90. The molecule has 5 heteroatoms. The highest BCUT2D eigenvalue weighted by molar-refractivity contribution is 7.96. The Morgan fingerprint density at radius 2 is 2.00 bits per heavy atom. The van der Waals surface area contributed by atoms with Gasteiger partial charge in [0, 0.05) is 28.8 Å². The molecular formula is C13H8ClNO2S. The molecule has 1 aromatic heterocycles. The van der Waals surface area contributed by atoms with Crippen LogP contribution in [0.3, 0.4) is 0 Å². The van der Waals surface area contributed by atoms with E-state index in [0.717, 1.165) is 0 Å². The average Bonchev–Trinajstić information content (AvgIpc) is 2.39. The molecule has 0 fully saturated rings. The van der Waals surface area contributed by atoms with Crippen LogP contribution in [0, 0.1) is 11.7 Å². The van der Waals surface area contributed by atoms with Gasteiger partial charge in [-0.05, 0) is 12.1 Å². The fraction of sp³-hybridized carbons (Fsp3) is 0.